The lowest BCUT2D eigenvalue weighted by Crippen LogP contribution is -2.19. The molecular weight excluding hydrogens is 396 g/mol. The van der Waals surface area contributed by atoms with Crippen molar-refractivity contribution in [3.63, 3.8) is 0 Å². The molecular formula is C17H14N8O3S. The first-order chi connectivity index (χ1) is 14.2. The van der Waals surface area contributed by atoms with Crippen LogP contribution in [0.25, 0.3) is 16.4 Å². The average Bonchev–Trinajstić information content (AvgIpc) is 3.48. The van der Waals surface area contributed by atoms with Crippen LogP contribution in [0.3, 0.4) is 0 Å². The van der Waals surface area contributed by atoms with E-state index in [1.165, 1.54) is 22.2 Å². The van der Waals surface area contributed by atoms with Gasteiger partial charge >= 0.3 is 0 Å². The molecule has 3 N–H and O–H groups in total. The number of anilines is 1. The van der Waals surface area contributed by atoms with Gasteiger partial charge in [0, 0.05) is 0 Å². The number of aromatic nitrogens is 5. The van der Waals surface area contributed by atoms with Crippen LogP contribution in [-0.4, -0.2) is 44.5 Å². The average molecular weight is 410 g/mol. The lowest BCUT2D eigenvalue weighted by Gasteiger charge is -2.03. The van der Waals surface area contributed by atoms with Crippen LogP contribution in [0.5, 0.6) is 5.75 Å². The number of benzene rings is 1. The molecule has 3 heterocycles. The monoisotopic (exact) mass is 410 g/mol. The Morgan fingerprint density at radius 2 is 2.14 bits per heavy atom. The van der Waals surface area contributed by atoms with Crippen LogP contribution in [0.15, 0.2) is 51.5 Å². The molecule has 0 spiro atoms. The first kappa shape index (κ1) is 18.3. The van der Waals surface area contributed by atoms with Gasteiger partial charge in [-0.1, -0.05) is 11.3 Å². The molecule has 0 radical (unpaired) electrons. The SMILES string of the molecule is COc1ccc(/C=N\NC(=O)c2nnn(-c3nonc3N)c2-c2cccs2)cc1. The summed E-state index contributed by atoms with van der Waals surface area (Å²) in [5.74, 6) is 0.350. The highest BCUT2D eigenvalue weighted by molar-refractivity contribution is 7.13. The van der Waals surface area contributed by atoms with E-state index in [1.54, 1.807) is 19.2 Å². The Morgan fingerprint density at radius 3 is 2.79 bits per heavy atom. The van der Waals surface area contributed by atoms with Crippen molar-refractivity contribution >= 4 is 29.3 Å². The third-order valence-electron chi connectivity index (χ3n) is 3.83. The fourth-order valence-electron chi connectivity index (χ4n) is 2.46. The van der Waals surface area contributed by atoms with Gasteiger partial charge in [0.05, 0.1) is 18.2 Å². The second-order valence-corrected chi connectivity index (χ2v) is 6.57. The zero-order valence-corrected chi connectivity index (χ0v) is 15.8. The minimum atomic E-state index is -0.542. The molecule has 0 saturated carbocycles. The molecule has 0 aliphatic heterocycles. The molecule has 0 atom stereocenters. The minimum Gasteiger partial charge on any atom is -0.497 e. The number of carbonyl (C=O) groups excluding carboxylic acids is 1. The van der Waals surface area contributed by atoms with Crippen LogP contribution in [0.2, 0.25) is 0 Å². The van der Waals surface area contributed by atoms with E-state index in [9.17, 15) is 4.79 Å². The van der Waals surface area contributed by atoms with Gasteiger partial charge in [-0.05, 0) is 51.6 Å². The fraction of sp³-hybridized carbons (Fsp3) is 0.0588. The maximum absolute atomic E-state index is 12.7. The van der Waals surface area contributed by atoms with Gasteiger partial charge in [0.2, 0.25) is 11.6 Å². The molecule has 11 nitrogen and oxygen atoms in total. The molecule has 0 fully saturated rings. The Labute approximate surface area is 167 Å². The van der Waals surface area contributed by atoms with E-state index in [2.05, 4.69) is 35.8 Å². The quantitative estimate of drug-likeness (QED) is 0.361. The Kier molecular flexibility index (Phi) is 4.99. The molecule has 29 heavy (non-hydrogen) atoms. The largest absolute Gasteiger partial charge is 0.497 e. The molecule has 4 aromatic rings. The maximum Gasteiger partial charge on any atom is 0.294 e. The highest BCUT2D eigenvalue weighted by Gasteiger charge is 2.25. The number of rotatable bonds is 6. The summed E-state index contributed by atoms with van der Waals surface area (Å²) in [6, 6.07) is 10.9. The third kappa shape index (κ3) is 3.68. The highest BCUT2D eigenvalue weighted by Crippen LogP contribution is 2.29. The maximum atomic E-state index is 12.7. The van der Waals surface area contributed by atoms with E-state index in [-0.39, 0.29) is 17.3 Å². The second-order valence-electron chi connectivity index (χ2n) is 5.62. The Balaban J connectivity index is 1.60. The fourth-order valence-corrected chi connectivity index (χ4v) is 3.22. The first-order valence-electron chi connectivity index (χ1n) is 8.23. The van der Waals surface area contributed by atoms with Crippen LogP contribution in [-0.2, 0) is 0 Å². The van der Waals surface area contributed by atoms with E-state index < -0.39 is 5.91 Å². The summed E-state index contributed by atoms with van der Waals surface area (Å²) in [6.45, 7) is 0. The summed E-state index contributed by atoms with van der Waals surface area (Å²) < 4.78 is 11.0. The van der Waals surface area contributed by atoms with Crippen molar-refractivity contribution in [2.24, 2.45) is 5.10 Å². The van der Waals surface area contributed by atoms with Gasteiger partial charge in [-0.2, -0.15) is 9.78 Å². The molecule has 3 aromatic heterocycles. The number of nitrogen functional groups attached to an aromatic ring is 1. The van der Waals surface area contributed by atoms with E-state index in [1.807, 2.05) is 29.6 Å². The molecule has 12 heteroatoms. The second kappa shape index (κ2) is 7.90. The molecule has 0 aliphatic rings. The summed E-state index contributed by atoms with van der Waals surface area (Å²) in [6.07, 6.45) is 1.51. The molecule has 0 bridgehead atoms. The normalized spacial score (nSPS) is 11.1. The van der Waals surface area contributed by atoms with Crippen LogP contribution >= 0.6 is 11.3 Å². The molecule has 0 unspecified atom stereocenters. The van der Waals surface area contributed by atoms with Crippen LogP contribution in [0.4, 0.5) is 5.82 Å². The number of thiophene rings is 1. The molecule has 1 amide bonds. The van der Waals surface area contributed by atoms with Crippen molar-refractivity contribution in [1.82, 2.24) is 30.7 Å². The van der Waals surface area contributed by atoms with Crippen LogP contribution in [0.1, 0.15) is 16.1 Å². The van der Waals surface area contributed by atoms with Gasteiger partial charge < -0.3 is 10.5 Å². The van der Waals surface area contributed by atoms with E-state index in [0.717, 1.165) is 16.2 Å². The zero-order valence-electron chi connectivity index (χ0n) is 15.0. The molecule has 146 valence electrons. The topological polar surface area (TPSA) is 146 Å². The van der Waals surface area contributed by atoms with Crippen molar-refractivity contribution < 1.29 is 14.2 Å². The van der Waals surface area contributed by atoms with Gasteiger partial charge in [0.25, 0.3) is 5.91 Å². The van der Waals surface area contributed by atoms with Crippen molar-refractivity contribution in [2.45, 2.75) is 0 Å². The van der Waals surface area contributed by atoms with Crippen molar-refractivity contribution in [1.29, 1.82) is 0 Å². The molecule has 0 aliphatic carbocycles. The van der Waals surface area contributed by atoms with Gasteiger partial charge in [-0.25, -0.2) is 10.1 Å². The number of ether oxygens (including phenoxy) is 1. The smallest absolute Gasteiger partial charge is 0.294 e. The summed E-state index contributed by atoms with van der Waals surface area (Å²) in [7, 11) is 1.59. The molecule has 4 rings (SSSR count). The number of hydrazone groups is 1. The minimum absolute atomic E-state index is 0.0252. The van der Waals surface area contributed by atoms with Gasteiger partial charge in [0.15, 0.2) is 5.69 Å². The summed E-state index contributed by atoms with van der Waals surface area (Å²) in [5.41, 5.74) is 9.46. The van der Waals surface area contributed by atoms with Crippen molar-refractivity contribution in [3.05, 3.63) is 53.0 Å². The number of hydrogen-bond donors (Lipinski definition) is 2. The lowest BCUT2D eigenvalue weighted by atomic mass is 10.2. The highest BCUT2D eigenvalue weighted by atomic mass is 32.1. The van der Waals surface area contributed by atoms with Gasteiger partial charge in [-0.3, -0.25) is 4.79 Å². The van der Waals surface area contributed by atoms with E-state index in [4.69, 9.17) is 10.5 Å². The van der Waals surface area contributed by atoms with Crippen LogP contribution < -0.4 is 15.9 Å². The van der Waals surface area contributed by atoms with Gasteiger partial charge in [0.1, 0.15) is 11.4 Å². The summed E-state index contributed by atoms with van der Waals surface area (Å²) >= 11 is 1.40. The number of methoxy groups -OCH3 is 1. The standard InChI is InChI=1S/C17H14N8O3S/c1-27-11-6-4-10(5-7-11)9-19-21-17(26)13-14(12-3-2-8-29-12)25(24-20-13)16-15(18)22-28-23-16/h2-9H,1H3,(H2,18,22)(H,21,26)/b19-9-. The summed E-state index contributed by atoms with van der Waals surface area (Å²) in [4.78, 5) is 13.4. The first-order valence-corrected chi connectivity index (χ1v) is 9.11. The van der Waals surface area contributed by atoms with E-state index in [0.29, 0.717) is 5.69 Å². The van der Waals surface area contributed by atoms with Gasteiger partial charge in [-0.15, -0.1) is 16.4 Å². The van der Waals surface area contributed by atoms with Crippen molar-refractivity contribution in [3.8, 4) is 22.1 Å². The van der Waals surface area contributed by atoms with Crippen molar-refractivity contribution in [2.75, 3.05) is 12.8 Å². The number of carbonyl (C=O) groups is 1. The number of hydrogen-bond acceptors (Lipinski definition) is 10. The lowest BCUT2D eigenvalue weighted by molar-refractivity contribution is 0.0951. The number of nitrogens with zero attached hydrogens (tertiary/aromatic N) is 6. The number of amides is 1. The summed E-state index contributed by atoms with van der Waals surface area (Å²) in [5, 5.41) is 21.1. The van der Waals surface area contributed by atoms with E-state index >= 15 is 0 Å². The Hall–Kier alpha value is -4.06. The predicted octanol–water partition coefficient (Wildman–Crippen LogP) is 1.73. The Bertz CT molecular complexity index is 1150. The van der Waals surface area contributed by atoms with Crippen LogP contribution in [0, 0.1) is 0 Å². The Morgan fingerprint density at radius 1 is 1.31 bits per heavy atom. The zero-order chi connectivity index (χ0) is 20.2. The predicted molar refractivity (Wildman–Crippen MR) is 105 cm³/mol. The number of nitrogens with one attached hydrogen (secondary N) is 1. The third-order valence-corrected chi connectivity index (χ3v) is 4.71. The molecule has 1 aromatic carbocycles. The molecule has 0 saturated heterocycles. The number of nitrogens with two attached hydrogens (primary N) is 1.